The first-order chi connectivity index (χ1) is 13.8. The first kappa shape index (κ1) is 17.0. The van der Waals surface area contributed by atoms with E-state index >= 15 is 0 Å². The monoisotopic (exact) mass is 371 g/mol. The van der Waals surface area contributed by atoms with E-state index in [1.54, 1.807) is 4.90 Å². The van der Waals surface area contributed by atoms with Crippen molar-refractivity contribution < 1.29 is 14.6 Å². The highest BCUT2D eigenvalue weighted by atomic mass is 16.6. The Morgan fingerprint density at radius 1 is 0.893 bits per heavy atom. The lowest BCUT2D eigenvalue weighted by atomic mass is 9.98. The maximum atomic E-state index is 12.9. The summed E-state index contributed by atoms with van der Waals surface area (Å²) in [5, 5.41) is 9.65. The van der Waals surface area contributed by atoms with Crippen molar-refractivity contribution in [1.82, 2.24) is 0 Å². The van der Waals surface area contributed by atoms with Crippen molar-refractivity contribution in [2.45, 2.75) is 11.8 Å². The van der Waals surface area contributed by atoms with Crippen LogP contribution in [0.25, 0.3) is 11.1 Å². The first-order valence-corrected chi connectivity index (χ1v) is 9.60. The average molecular weight is 371 g/mol. The Balaban J connectivity index is 1.38. The molecule has 5 rings (SSSR count). The summed E-state index contributed by atoms with van der Waals surface area (Å²) in [7, 11) is 0. The lowest BCUT2D eigenvalue weighted by molar-refractivity contribution is 0.150. The fourth-order valence-electron chi connectivity index (χ4n) is 4.50. The molecule has 28 heavy (non-hydrogen) atoms. The molecule has 4 nitrogen and oxygen atoms in total. The number of aliphatic hydroxyl groups excluding tert-OH is 1. The van der Waals surface area contributed by atoms with Crippen molar-refractivity contribution in [3.8, 4) is 11.1 Å². The SMILES string of the molecule is O=C(OCC1c2ccccc2-c2ccccc21)N1CC(CO)c2ccccc21. The maximum absolute atomic E-state index is 12.9. The van der Waals surface area contributed by atoms with Gasteiger partial charge < -0.3 is 9.84 Å². The summed E-state index contributed by atoms with van der Waals surface area (Å²) in [4.78, 5) is 14.5. The lowest BCUT2D eigenvalue weighted by Crippen LogP contribution is -2.32. The van der Waals surface area contributed by atoms with Gasteiger partial charge in [0.25, 0.3) is 0 Å². The molecule has 3 aromatic rings. The second-order valence-electron chi connectivity index (χ2n) is 7.35. The standard InChI is InChI=1S/C24H21NO3/c26-14-16-13-25(23-12-6-5-7-17(16)23)24(27)28-15-22-20-10-3-1-8-18(20)19-9-2-4-11-21(19)22/h1-12,16,22,26H,13-15H2. The van der Waals surface area contributed by atoms with Gasteiger partial charge in [0, 0.05) is 18.4 Å². The number of hydrogen-bond acceptors (Lipinski definition) is 3. The van der Waals surface area contributed by atoms with E-state index in [4.69, 9.17) is 4.74 Å². The predicted molar refractivity (Wildman–Crippen MR) is 109 cm³/mol. The molecule has 0 saturated heterocycles. The minimum Gasteiger partial charge on any atom is -0.448 e. The number of carbonyl (C=O) groups excluding carboxylic acids is 1. The van der Waals surface area contributed by atoms with Crippen LogP contribution in [0.5, 0.6) is 0 Å². The zero-order valence-corrected chi connectivity index (χ0v) is 15.4. The number of hydrogen-bond donors (Lipinski definition) is 1. The largest absolute Gasteiger partial charge is 0.448 e. The van der Waals surface area contributed by atoms with Gasteiger partial charge in [0.1, 0.15) is 6.61 Å². The fraction of sp³-hybridized carbons (Fsp3) is 0.208. The van der Waals surface area contributed by atoms with E-state index in [2.05, 4.69) is 24.3 Å². The Bertz CT molecular complexity index is 1000. The van der Waals surface area contributed by atoms with Crippen LogP contribution in [0.2, 0.25) is 0 Å². The number of para-hydroxylation sites is 1. The van der Waals surface area contributed by atoms with Crippen LogP contribution in [-0.2, 0) is 4.74 Å². The summed E-state index contributed by atoms with van der Waals surface area (Å²) < 4.78 is 5.78. The molecule has 140 valence electrons. The molecule has 1 atom stereocenters. The van der Waals surface area contributed by atoms with E-state index in [9.17, 15) is 9.90 Å². The molecule has 0 aromatic heterocycles. The predicted octanol–water partition coefficient (Wildman–Crippen LogP) is 4.53. The summed E-state index contributed by atoms with van der Waals surface area (Å²) in [6.07, 6.45) is -0.356. The lowest BCUT2D eigenvalue weighted by Gasteiger charge is -2.20. The van der Waals surface area contributed by atoms with Crippen molar-refractivity contribution in [3.05, 3.63) is 89.5 Å². The van der Waals surface area contributed by atoms with Crippen molar-refractivity contribution >= 4 is 11.8 Å². The summed E-state index contributed by atoms with van der Waals surface area (Å²) in [6, 6.07) is 24.3. The molecule has 0 spiro atoms. The third-order valence-corrected chi connectivity index (χ3v) is 5.85. The molecule has 1 N–H and O–H groups in total. The van der Waals surface area contributed by atoms with Gasteiger partial charge in [0.05, 0.1) is 12.3 Å². The molecular weight excluding hydrogens is 350 g/mol. The van der Waals surface area contributed by atoms with Crippen LogP contribution in [0.4, 0.5) is 10.5 Å². The minimum absolute atomic E-state index is 0.0180. The molecule has 0 saturated carbocycles. The minimum atomic E-state index is -0.356. The van der Waals surface area contributed by atoms with Gasteiger partial charge in [-0.15, -0.1) is 0 Å². The van der Waals surface area contributed by atoms with E-state index in [0.717, 1.165) is 11.3 Å². The van der Waals surface area contributed by atoms with Crippen LogP contribution in [0.15, 0.2) is 72.8 Å². The number of ether oxygens (including phenoxy) is 1. The number of nitrogens with zero attached hydrogens (tertiary/aromatic N) is 1. The summed E-state index contributed by atoms with van der Waals surface area (Å²) in [5.41, 5.74) is 6.66. The van der Waals surface area contributed by atoms with Gasteiger partial charge in [-0.3, -0.25) is 4.90 Å². The van der Waals surface area contributed by atoms with E-state index in [-0.39, 0.29) is 24.5 Å². The van der Waals surface area contributed by atoms with Crippen molar-refractivity contribution in [2.24, 2.45) is 0 Å². The number of benzene rings is 3. The normalized spacial score (nSPS) is 17.2. The van der Waals surface area contributed by atoms with Gasteiger partial charge in [0.2, 0.25) is 0 Å². The molecule has 2 aliphatic rings. The van der Waals surface area contributed by atoms with Crippen LogP contribution >= 0.6 is 0 Å². The summed E-state index contributed by atoms with van der Waals surface area (Å²) in [6.45, 7) is 0.770. The molecule has 4 heteroatoms. The molecule has 1 unspecified atom stereocenters. The Kier molecular flexibility index (Phi) is 4.14. The Morgan fingerprint density at radius 2 is 1.46 bits per heavy atom. The molecule has 1 aliphatic heterocycles. The van der Waals surface area contributed by atoms with Crippen LogP contribution < -0.4 is 4.90 Å². The van der Waals surface area contributed by atoms with Gasteiger partial charge in [0.15, 0.2) is 0 Å². The van der Waals surface area contributed by atoms with E-state index < -0.39 is 0 Å². The Hall–Kier alpha value is -3.11. The van der Waals surface area contributed by atoms with Crippen LogP contribution in [0.3, 0.4) is 0 Å². The molecule has 1 amide bonds. The first-order valence-electron chi connectivity index (χ1n) is 9.60. The zero-order valence-electron chi connectivity index (χ0n) is 15.4. The molecular formula is C24H21NO3. The van der Waals surface area contributed by atoms with Crippen molar-refractivity contribution in [1.29, 1.82) is 0 Å². The third-order valence-electron chi connectivity index (χ3n) is 5.85. The molecule has 0 bridgehead atoms. The van der Waals surface area contributed by atoms with Crippen molar-refractivity contribution in [2.75, 3.05) is 24.7 Å². The maximum Gasteiger partial charge on any atom is 0.414 e. The van der Waals surface area contributed by atoms with Gasteiger partial charge in [-0.1, -0.05) is 66.7 Å². The average Bonchev–Trinajstić information content (AvgIpc) is 3.28. The van der Waals surface area contributed by atoms with Crippen molar-refractivity contribution in [3.63, 3.8) is 0 Å². The van der Waals surface area contributed by atoms with E-state index in [0.29, 0.717) is 13.2 Å². The zero-order chi connectivity index (χ0) is 19.1. The van der Waals surface area contributed by atoms with Crippen LogP contribution in [-0.4, -0.2) is 31.0 Å². The third kappa shape index (κ3) is 2.60. The van der Waals surface area contributed by atoms with Crippen LogP contribution in [0, 0.1) is 0 Å². The number of aliphatic hydroxyl groups is 1. The number of anilines is 1. The van der Waals surface area contributed by atoms with E-state index in [1.807, 2.05) is 48.5 Å². The number of carbonyl (C=O) groups is 1. The second-order valence-corrected chi connectivity index (χ2v) is 7.35. The summed E-state index contributed by atoms with van der Waals surface area (Å²) in [5.74, 6) is -0.0143. The Labute approximate surface area is 164 Å². The quantitative estimate of drug-likeness (QED) is 0.736. The molecule has 0 radical (unpaired) electrons. The van der Waals surface area contributed by atoms with E-state index in [1.165, 1.54) is 22.3 Å². The number of fused-ring (bicyclic) bond motifs is 4. The summed E-state index contributed by atoms with van der Waals surface area (Å²) >= 11 is 0. The smallest absolute Gasteiger partial charge is 0.414 e. The topological polar surface area (TPSA) is 49.8 Å². The highest BCUT2D eigenvalue weighted by molar-refractivity contribution is 5.91. The molecule has 1 aliphatic carbocycles. The molecule has 0 fully saturated rings. The Morgan fingerprint density at radius 3 is 2.11 bits per heavy atom. The second kappa shape index (κ2) is 6.80. The highest BCUT2D eigenvalue weighted by Gasteiger charge is 2.34. The van der Waals surface area contributed by atoms with Gasteiger partial charge >= 0.3 is 6.09 Å². The molecule has 1 heterocycles. The number of rotatable bonds is 3. The van der Waals surface area contributed by atoms with Gasteiger partial charge in [-0.05, 0) is 33.9 Å². The van der Waals surface area contributed by atoms with Gasteiger partial charge in [-0.2, -0.15) is 0 Å². The van der Waals surface area contributed by atoms with Crippen LogP contribution in [0.1, 0.15) is 28.5 Å². The number of amides is 1. The fourth-order valence-corrected chi connectivity index (χ4v) is 4.50. The highest BCUT2D eigenvalue weighted by Crippen LogP contribution is 2.44. The van der Waals surface area contributed by atoms with Gasteiger partial charge in [-0.25, -0.2) is 4.79 Å². The molecule has 3 aromatic carbocycles.